The van der Waals surface area contributed by atoms with Gasteiger partial charge in [-0.3, -0.25) is 9.80 Å². The summed E-state index contributed by atoms with van der Waals surface area (Å²) in [5.41, 5.74) is 3.81. The second-order valence-electron chi connectivity index (χ2n) is 8.34. The number of nitrogens with zero attached hydrogens (tertiary/aromatic N) is 2. The van der Waals surface area contributed by atoms with Crippen molar-refractivity contribution in [3.63, 3.8) is 0 Å². The molecule has 2 aromatic carbocycles. The normalized spacial score (nSPS) is 26.0. The van der Waals surface area contributed by atoms with E-state index in [-0.39, 0.29) is 17.3 Å². The molecule has 1 fully saturated rings. The molecule has 2 aromatic rings. The molecule has 0 spiro atoms. The number of hydrogen-bond acceptors (Lipinski definition) is 2. The van der Waals surface area contributed by atoms with Crippen LogP contribution in [0, 0.1) is 5.82 Å². The molecule has 0 unspecified atom stereocenters. The smallest absolute Gasteiger partial charge is 0.123 e. The van der Waals surface area contributed by atoms with Gasteiger partial charge in [0.2, 0.25) is 0 Å². The summed E-state index contributed by atoms with van der Waals surface area (Å²) in [6, 6.07) is 13.6. The van der Waals surface area contributed by atoms with E-state index < -0.39 is 0 Å². The lowest BCUT2D eigenvalue weighted by molar-refractivity contribution is 0.0158. The minimum Gasteiger partial charge on any atom is -0.299 e. The molecular weight excluding hydrogens is 347 g/mol. The SMILES string of the molecule is CN1CCN([C@@H]2C[C@@H](c3cccc(F)c3)c3ccc(Cl)cc32)CC1(C)C. The van der Waals surface area contributed by atoms with E-state index in [2.05, 4.69) is 42.8 Å². The van der Waals surface area contributed by atoms with Gasteiger partial charge in [0.15, 0.2) is 0 Å². The summed E-state index contributed by atoms with van der Waals surface area (Å²) in [5.74, 6) is 0.0629. The summed E-state index contributed by atoms with van der Waals surface area (Å²) in [6.07, 6.45) is 0.985. The first kappa shape index (κ1) is 18.0. The van der Waals surface area contributed by atoms with Crippen LogP contribution in [0.1, 0.15) is 48.9 Å². The Bertz CT molecular complexity index is 820. The molecule has 1 aliphatic heterocycles. The van der Waals surface area contributed by atoms with E-state index in [1.807, 2.05) is 18.2 Å². The number of benzene rings is 2. The van der Waals surface area contributed by atoms with Gasteiger partial charge in [-0.25, -0.2) is 4.39 Å². The standard InChI is InChI=1S/C22H26ClFN2/c1-22(2)14-26(10-9-25(22)3)21-13-19(15-5-4-6-17(24)11-15)18-8-7-16(23)12-20(18)21/h4-8,11-12,19,21H,9-10,13-14H2,1-3H3/t19-,21+/m0/s1. The largest absolute Gasteiger partial charge is 0.299 e. The van der Waals surface area contributed by atoms with Crippen LogP contribution in [0.5, 0.6) is 0 Å². The number of piperazine rings is 1. The molecule has 2 atom stereocenters. The van der Waals surface area contributed by atoms with Gasteiger partial charge in [0.25, 0.3) is 0 Å². The average molecular weight is 373 g/mol. The van der Waals surface area contributed by atoms with Crippen molar-refractivity contribution >= 4 is 11.6 Å². The number of rotatable bonds is 2. The van der Waals surface area contributed by atoms with Gasteiger partial charge < -0.3 is 0 Å². The van der Waals surface area contributed by atoms with Crippen LogP contribution < -0.4 is 0 Å². The molecule has 138 valence electrons. The zero-order chi connectivity index (χ0) is 18.5. The summed E-state index contributed by atoms with van der Waals surface area (Å²) in [7, 11) is 2.20. The van der Waals surface area contributed by atoms with Gasteiger partial charge in [-0.2, -0.15) is 0 Å². The van der Waals surface area contributed by atoms with E-state index in [1.165, 1.54) is 17.2 Å². The Kier molecular flexibility index (Phi) is 4.58. The minimum absolute atomic E-state index is 0.147. The molecule has 2 nitrogen and oxygen atoms in total. The molecule has 26 heavy (non-hydrogen) atoms. The molecular formula is C22H26ClFN2. The van der Waals surface area contributed by atoms with Crippen molar-refractivity contribution in [3.05, 3.63) is 70.0 Å². The van der Waals surface area contributed by atoms with Crippen LogP contribution >= 0.6 is 11.6 Å². The first-order valence-corrected chi connectivity index (χ1v) is 9.73. The van der Waals surface area contributed by atoms with E-state index in [1.54, 1.807) is 6.07 Å². The second-order valence-corrected chi connectivity index (χ2v) is 8.77. The van der Waals surface area contributed by atoms with Crippen molar-refractivity contribution in [1.29, 1.82) is 0 Å². The fourth-order valence-corrected chi connectivity index (χ4v) is 4.74. The summed E-state index contributed by atoms with van der Waals surface area (Å²) >= 11 is 6.34. The maximum atomic E-state index is 13.8. The predicted octanol–water partition coefficient (Wildman–Crippen LogP) is 5.08. The van der Waals surface area contributed by atoms with Crippen LogP contribution in [0.4, 0.5) is 4.39 Å². The van der Waals surface area contributed by atoms with Crippen molar-refractivity contribution in [3.8, 4) is 0 Å². The fraction of sp³-hybridized carbons (Fsp3) is 0.455. The van der Waals surface area contributed by atoms with Gasteiger partial charge in [-0.15, -0.1) is 0 Å². The highest BCUT2D eigenvalue weighted by Gasteiger charge is 2.40. The van der Waals surface area contributed by atoms with E-state index in [0.717, 1.165) is 36.6 Å². The highest BCUT2D eigenvalue weighted by atomic mass is 35.5. The van der Waals surface area contributed by atoms with E-state index in [9.17, 15) is 4.39 Å². The molecule has 1 saturated heterocycles. The third-order valence-corrected chi connectivity index (χ3v) is 6.52. The van der Waals surface area contributed by atoms with Crippen LogP contribution in [-0.2, 0) is 0 Å². The molecule has 0 radical (unpaired) electrons. The van der Waals surface area contributed by atoms with Crippen molar-refractivity contribution in [2.24, 2.45) is 0 Å². The molecule has 1 heterocycles. The monoisotopic (exact) mass is 372 g/mol. The summed E-state index contributed by atoms with van der Waals surface area (Å²) in [5, 5.41) is 0.780. The molecule has 4 heteroatoms. The Labute approximate surface area is 160 Å². The van der Waals surface area contributed by atoms with Gasteiger partial charge in [0, 0.05) is 42.2 Å². The Morgan fingerprint density at radius 2 is 1.88 bits per heavy atom. The molecule has 2 aliphatic rings. The van der Waals surface area contributed by atoms with E-state index >= 15 is 0 Å². The topological polar surface area (TPSA) is 6.48 Å². The Morgan fingerprint density at radius 1 is 1.08 bits per heavy atom. The van der Waals surface area contributed by atoms with Crippen LogP contribution in [0.2, 0.25) is 5.02 Å². The number of likely N-dealkylation sites (N-methyl/N-ethyl adjacent to an activating group) is 1. The van der Waals surface area contributed by atoms with Crippen LogP contribution in [0.15, 0.2) is 42.5 Å². The van der Waals surface area contributed by atoms with Gasteiger partial charge in [0.05, 0.1) is 0 Å². The lowest BCUT2D eigenvalue weighted by atomic mass is 9.93. The molecule has 1 aliphatic carbocycles. The van der Waals surface area contributed by atoms with E-state index in [4.69, 9.17) is 11.6 Å². The molecule has 0 bridgehead atoms. The van der Waals surface area contributed by atoms with Crippen LogP contribution in [0.3, 0.4) is 0 Å². The summed E-state index contributed by atoms with van der Waals surface area (Å²) in [6.45, 7) is 7.74. The van der Waals surface area contributed by atoms with Crippen molar-refractivity contribution in [1.82, 2.24) is 9.80 Å². The fourth-order valence-electron chi connectivity index (χ4n) is 4.56. The van der Waals surface area contributed by atoms with Crippen molar-refractivity contribution in [2.45, 2.75) is 37.8 Å². The molecule has 0 aromatic heterocycles. The lowest BCUT2D eigenvalue weighted by Crippen LogP contribution is -2.58. The highest BCUT2D eigenvalue weighted by Crippen LogP contribution is 2.48. The average Bonchev–Trinajstić information content (AvgIpc) is 2.96. The zero-order valence-corrected chi connectivity index (χ0v) is 16.4. The number of halogens is 2. The van der Waals surface area contributed by atoms with Gasteiger partial charge in [0.1, 0.15) is 5.82 Å². The molecule has 0 N–H and O–H groups in total. The van der Waals surface area contributed by atoms with Gasteiger partial charge in [-0.05, 0) is 68.3 Å². The molecule has 0 saturated carbocycles. The first-order chi connectivity index (χ1) is 12.3. The number of fused-ring (bicyclic) bond motifs is 1. The first-order valence-electron chi connectivity index (χ1n) is 9.35. The maximum Gasteiger partial charge on any atom is 0.123 e. The minimum atomic E-state index is -0.165. The van der Waals surface area contributed by atoms with E-state index in [0.29, 0.717) is 6.04 Å². The Hall–Kier alpha value is -1.42. The maximum absolute atomic E-state index is 13.8. The van der Waals surface area contributed by atoms with Crippen molar-refractivity contribution < 1.29 is 4.39 Å². The lowest BCUT2D eigenvalue weighted by Gasteiger charge is -2.47. The second kappa shape index (κ2) is 6.63. The van der Waals surface area contributed by atoms with Gasteiger partial charge in [-0.1, -0.05) is 29.8 Å². The van der Waals surface area contributed by atoms with Crippen LogP contribution in [-0.4, -0.2) is 42.0 Å². The van der Waals surface area contributed by atoms with Crippen LogP contribution in [0.25, 0.3) is 0 Å². The quantitative estimate of drug-likeness (QED) is 0.725. The number of hydrogen-bond donors (Lipinski definition) is 0. The molecule has 0 amide bonds. The third kappa shape index (κ3) is 3.17. The Morgan fingerprint density at radius 3 is 2.62 bits per heavy atom. The van der Waals surface area contributed by atoms with Gasteiger partial charge >= 0.3 is 0 Å². The summed E-state index contributed by atoms with van der Waals surface area (Å²) in [4.78, 5) is 5.02. The summed E-state index contributed by atoms with van der Waals surface area (Å²) < 4.78 is 13.8. The predicted molar refractivity (Wildman–Crippen MR) is 105 cm³/mol. The van der Waals surface area contributed by atoms with Crippen molar-refractivity contribution in [2.75, 3.05) is 26.7 Å². The molecule has 4 rings (SSSR count). The highest BCUT2D eigenvalue weighted by molar-refractivity contribution is 6.30. The zero-order valence-electron chi connectivity index (χ0n) is 15.7. The Balaban J connectivity index is 1.71. The third-order valence-electron chi connectivity index (χ3n) is 6.28.